The van der Waals surface area contributed by atoms with Crippen LogP contribution in [0.15, 0.2) is 273 Å². The molecule has 3 N–H and O–H groups in total. The fourth-order valence-corrected chi connectivity index (χ4v) is 19.3. The molecule has 28 nitrogen and oxygen atoms in total. The summed E-state index contributed by atoms with van der Waals surface area (Å²) in [5, 5.41) is 18.4. The fraction of sp³-hybridized carbons (Fsp3) is 0.283. The lowest BCUT2D eigenvalue weighted by molar-refractivity contribution is -0.183. The second-order valence-electron chi connectivity index (χ2n) is 35.6. The third kappa shape index (κ3) is 27.5. The number of nitriles is 1. The van der Waals surface area contributed by atoms with Gasteiger partial charge in [-0.1, -0.05) is 193 Å². The van der Waals surface area contributed by atoms with E-state index >= 15 is 14.4 Å². The van der Waals surface area contributed by atoms with Crippen LogP contribution in [0.25, 0.3) is 11.1 Å². The first-order valence-electron chi connectivity index (χ1n) is 49.6. The third-order valence-corrected chi connectivity index (χ3v) is 26.8. The topological polar surface area (TPSA) is 330 Å². The maximum absolute atomic E-state index is 15.5. The largest absolute Gasteiger partial charge is 0.508 e. The van der Waals surface area contributed by atoms with E-state index in [2.05, 4.69) is 62.2 Å². The van der Waals surface area contributed by atoms with Crippen LogP contribution >= 0.6 is 8.53 Å². The summed E-state index contributed by atoms with van der Waals surface area (Å²) in [5.74, 6) is 16.1. The van der Waals surface area contributed by atoms with Crippen LogP contribution in [0.5, 0.6) is 28.7 Å². The number of methoxy groups -OCH3 is 2. The Hall–Kier alpha value is -15.5. The van der Waals surface area contributed by atoms with Gasteiger partial charge in [-0.25, -0.2) is 23.8 Å². The molecule has 0 radical (unpaired) electrons. The van der Waals surface area contributed by atoms with Gasteiger partial charge in [0.1, 0.15) is 23.7 Å². The second kappa shape index (κ2) is 52.7. The first kappa shape index (κ1) is 106. The van der Waals surface area contributed by atoms with Crippen LogP contribution in [0.2, 0.25) is 0 Å². The van der Waals surface area contributed by atoms with Crippen molar-refractivity contribution in [3.8, 4) is 81.5 Å². The van der Waals surface area contributed by atoms with Gasteiger partial charge in [-0.2, -0.15) is 5.26 Å². The lowest BCUT2D eigenvalue weighted by Gasteiger charge is -2.36. The van der Waals surface area contributed by atoms with Gasteiger partial charge in [0.2, 0.25) is 0 Å². The van der Waals surface area contributed by atoms with Gasteiger partial charge in [0.15, 0.2) is 36.1 Å². The van der Waals surface area contributed by atoms with Crippen molar-refractivity contribution in [1.82, 2.24) is 20.6 Å². The number of esters is 3. The lowest BCUT2D eigenvalue weighted by atomic mass is 9.80. The van der Waals surface area contributed by atoms with E-state index in [-0.39, 0.29) is 214 Å². The zero-order chi connectivity index (χ0) is 104. The van der Waals surface area contributed by atoms with Gasteiger partial charge in [0, 0.05) is 71.0 Å². The normalized spacial score (nSPS) is 13.8. The SMILES string of the molecule is COc1ccc(C(OCCCNC(=O)c2cc(C#Cc3cc(C#Cc4cc(C(=O)NCCCOC(=O)OCC5c6ccccc6-c6ccccc65)c(OC(=O)c5ccccc5)c(C5OCCCO5)c4)cc(C#Cc4cc(C(=O)NCCCOP(OCCC#N)N(C(C)C)C(C)C)c(OC(=O)c5ccccc5)c(C5OCCCO5)c4)c3)cc(C3OCCCO3)c2OC(=O)c2ccccc2)(c2ccccc2)c2ccc(OC)cc2)cc1. The molecule has 3 saturated heterocycles. The molecular formula is C120H114N5O23P. The van der Waals surface area contributed by atoms with E-state index in [4.69, 9.17) is 75.4 Å². The van der Waals surface area contributed by atoms with Crippen molar-refractivity contribution in [2.24, 2.45) is 0 Å². The highest BCUT2D eigenvalue weighted by Gasteiger charge is 2.40. The molecule has 3 amide bonds. The maximum atomic E-state index is 15.5. The standard InChI is InChI=1S/C120H114N5O23P/c1-80(2)125(81(3)4)149(144-68-23-56-121)145-69-26-59-124-112(128)102-75-87(78-105(118-139-65-29-66-140-118)109(102)148-115(131)90-34-15-9-16-35-90)47-44-84-71-82(42-45-85-73-100(107(103(76-85)116-135-61-27-62-136-116)146-113(129)88-30-11-7-12-31-88)110(126)122-57-24-60-141-119(132)142-79-106-98-40-21-19-38-96(98)97-39-20-22-41-99(97)106)70-83(72-84)43-46-86-74-101(108(104(77-86)117-137-63-28-64-138-117)147-114(130)89-32-13-8-14-33-89)111(127)123-58-25-67-143-120(91-36-17-10-18-37-91,92-48-52-94(133-5)53-49-92)93-50-54-95(134-6)55-51-93/h7-22,30-41,48-55,70-78,80-81,106,116-118H,23-29,57-69,79H2,1-6H3,(H,122,126)(H,123,127)(H,124,128). The van der Waals surface area contributed by atoms with Crippen molar-refractivity contribution < 1.29 is 109 Å². The molecule has 1 unspecified atom stereocenters. The van der Waals surface area contributed by atoms with Crippen molar-refractivity contribution in [3.63, 3.8) is 0 Å². The van der Waals surface area contributed by atoms with Crippen LogP contribution in [0.4, 0.5) is 4.79 Å². The zero-order valence-corrected chi connectivity index (χ0v) is 84.4. The molecule has 12 aromatic rings. The molecule has 3 heterocycles. The number of ether oxygens (including phenoxy) is 14. The monoisotopic (exact) mass is 2020 g/mol. The van der Waals surface area contributed by atoms with Gasteiger partial charge in [-0.3, -0.25) is 14.4 Å². The average molecular weight is 2030 g/mol. The number of rotatable bonds is 39. The minimum Gasteiger partial charge on any atom is -0.497 e. The summed E-state index contributed by atoms with van der Waals surface area (Å²) >= 11 is 0. The van der Waals surface area contributed by atoms with Crippen LogP contribution in [0.1, 0.15) is 237 Å². The summed E-state index contributed by atoms with van der Waals surface area (Å²) in [6.45, 7) is 10.1. The molecule has 0 bridgehead atoms. The molecule has 12 aromatic carbocycles. The Kier molecular flexibility index (Phi) is 37.6. The highest BCUT2D eigenvalue weighted by atomic mass is 31.2. The van der Waals surface area contributed by atoms with E-state index in [1.54, 1.807) is 142 Å². The molecule has 1 atom stereocenters. The zero-order valence-electron chi connectivity index (χ0n) is 83.5. The van der Waals surface area contributed by atoms with Gasteiger partial charge in [-0.15, -0.1) is 0 Å². The third-order valence-electron chi connectivity index (χ3n) is 24.7. The number of nitrogens with zero attached hydrogens (tertiary/aromatic N) is 2. The number of fused-ring (bicyclic) bond motifs is 3. The smallest absolute Gasteiger partial charge is 0.497 e. The van der Waals surface area contributed by atoms with Crippen LogP contribution in [-0.4, -0.2) is 165 Å². The van der Waals surface area contributed by atoms with Crippen molar-refractivity contribution in [1.29, 1.82) is 5.26 Å². The summed E-state index contributed by atoms with van der Waals surface area (Å²) < 4.78 is 101. The van der Waals surface area contributed by atoms with Crippen LogP contribution in [-0.2, 0) is 57.3 Å². The summed E-state index contributed by atoms with van der Waals surface area (Å²) in [7, 11) is 1.60. The molecule has 3 aliphatic heterocycles. The number of benzene rings is 12. The van der Waals surface area contributed by atoms with Crippen LogP contribution < -0.4 is 39.6 Å². The maximum Gasteiger partial charge on any atom is 0.508 e. The van der Waals surface area contributed by atoms with E-state index in [0.29, 0.717) is 53.9 Å². The summed E-state index contributed by atoms with van der Waals surface area (Å²) in [6.07, 6.45) is -1.86. The summed E-state index contributed by atoms with van der Waals surface area (Å²) in [6, 6.07) is 82.7. The van der Waals surface area contributed by atoms with Crippen molar-refractivity contribution in [2.45, 2.75) is 115 Å². The quantitative estimate of drug-likeness (QED) is 0.00804. The molecule has 149 heavy (non-hydrogen) atoms. The van der Waals surface area contributed by atoms with Crippen LogP contribution in [0, 0.1) is 46.9 Å². The average Bonchev–Trinajstić information content (AvgIpc) is 1.75. The first-order valence-corrected chi connectivity index (χ1v) is 50.7. The summed E-state index contributed by atoms with van der Waals surface area (Å²) in [4.78, 5) is 102. The lowest BCUT2D eigenvalue weighted by Crippen LogP contribution is -2.34. The highest BCUT2D eigenvalue weighted by molar-refractivity contribution is 7.44. The Balaban J connectivity index is 0.779. The summed E-state index contributed by atoms with van der Waals surface area (Å²) in [5.41, 5.74) is 7.88. The minimum absolute atomic E-state index is 0.0300. The Morgan fingerprint density at radius 2 is 0.711 bits per heavy atom. The van der Waals surface area contributed by atoms with Gasteiger partial charge >= 0.3 is 24.1 Å². The molecule has 0 spiro atoms. The van der Waals surface area contributed by atoms with E-state index in [0.717, 1.165) is 38.9 Å². The fourth-order valence-electron chi connectivity index (χ4n) is 17.7. The van der Waals surface area contributed by atoms with E-state index < -0.39 is 74.8 Å². The molecular weight excluding hydrogens is 1910 g/mol. The van der Waals surface area contributed by atoms with Gasteiger partial charge in [0.05, 0.1) is 143 Å². The van der Waals surface area contributed by atoms with Crippen molar-refractivity contribution in [2.75, 3.05) is 107 Å². The Morgan fingerprint density at radius 1 is 0.383 bits per heavy atom. The van der Waals surface area contributed by atoms with E-state index in [1.807, 2.05) is 155 Å². The van der Waals surface area contributed by atoms with Crippen LogP contribution in [0.3, 0.4) is 0 Å². The van der Waals surface area contributed by atoms with Gasteiger partial charge < -0.3 is 91.3 Å². The Labute approximate surface area is 867 Å². The number of amides is 3. The molecule has 1 aliphatic carbocycles. The minimum atomic E-state index is -1.60. The number of nitrogens with one attached hydrogen (secondary N) is 3. The molecule has 3 fully saturated rings. The predicted octanol–water partition coefficient (Wildman–Crippen LogP) is 20.5. The molecule has 0 saturated carbocycles. The molecule has 29 heteroatoms. The highest BCUT2D eigenvalue weighted by Crippen LogP contribution is 2.49. The molecule has 4 aliphatic rings. The Morgan fingerprint density at radius 3 is 1.07 bits per heavy atom. The van der Waals surface area contributed by atoms with E-state index in [1.165, 1.54) is 18.2 Å². The first-order chi connectivity index (χ1) is 72.8. The van der Waals surface area contributed by atoms with Gasteiger partial charge in [0.25, 0.3) is 26.2 Å². The van der Waals surface area contributed by atoms with Crippen molar-refractivity contribution >= 4 is 50.3 Å². The second-order valence-corrected chi connectivity index (χ2v) is 37.1. The van der Waals surface area contributed by atoms with Crippen molar-refractivity contribution in [3.05, 3.63) is 384 Å². The molecule has 0 aromatic heterocycles. The molecule has 762 valence electrons. The Bertz CT molecular complexity index is 6850. The number of hydrogen-bond acceptors (Lipinski definition) is 25. The number of carbonyl (C=O) groups is 7. The van der Waals surface area contributed by atoms with Gasteiger partial charge in [-0.05, 0) is 220 Å². The molecule has 16 rings (SSSR count). The van der Waals surface area contributed by atoms with E-state index in [9.17, 15) is 24.4 Å². The number of hydrogen-bond donors (Lipinski definition) is 3. The number of carbonyl (C=O) groups excluding carboxylic acids is 7. The predicted molar refractivity (Wildman–Crippen MR) is 557 cm³/mol.